The second-order valence-electron chi connectivity index (χ2n) is 5.60. The molecule has 2 nitrogen and oxygen atoms in total. The maximum Gasteiger partial charge on any atom is 0.0560 e. The number of allylic oxidation sites excluding steroid dienone is 1. The van der Waals surface area contributed by atoms with Crippen LogP contribution < -0.4 is 5.32 Å². The van der Waals surface area contributed by atoms with Gasteiger partial charge in [0.1, 0.15) is 0 Å². The molecule has 0 saturated carbocycles. The van der Waals surface area contributed by atoms with Crippen LogP contribution in [0.3, 0.4) is 0 Å². The molecule has 0 bridgehead atoms. The molecule has 1 saturated heterocycles. The maximum atomic E-state index is 3.70. The van der Waals surface area contributed by atoms with Crippen LogP contribution in [-0.4, -0.2) is 30.6 Å². The Morgan fingerprint density at radius 1 is 1.37 bits per heavy atom. The Balaban J connectivity index is 2.25. The van der Waals surface area contributed by atoms with E-state index in [1.807, 2.05) is 0 Å². The van der Waals surface area contributed by atoms with Crippen molar-refractivity contribution in [3.8, 4) is 0 Å². The molecule has 1 aromatic rings. The standard InChI is InChI=1S/C17H26N2/c1-4-6-12-19-13-16(5-2)18-14-17(19,3)15-10-8-7-9-11-15/h4,6-11,16,18H,5,12-14H2,1-3H3/b6-4+. The summed E-state index contributed by atoms with van der Waals surface area (Å²) in [5, 5.41) is 3.70. The third kappa shape index (κ3) is 3.07. The predicted octanol–water partition coefficient (Wildman–Crippen LogP) is 3.16. The van der Waals surface area contributed by atoms with Gasteiger partial charge in [0.15, 0.2) is 0 Å². The third-order valence-corrected chi connectivity index (χ3v) is 4.32. The van der Waals surface area contributed by atoms with E-state index in [2.05, 4.69) is 73.5 Å². The molecule has 0 aliphatic carbocycles. The highest BCUT2D eigenvalue weighted by atomic mass is 15.3. The van der Waals surface area contributed by atoms with E-state index in [9.17, 15) is 0 Å². The zero-order valence-corrected chi connectivity index (χ0v) is 12.4. The van der Waals surface area contributed by atoms with Gasteiger partial charge in [0.25, 0.3) is 0 Å². The quantitative estimate of drug-likeness (QED) is 0.835. The first-order chi connectivity index (χ1) is 9.20. The van der Waals surface area contributed by atoms with E-state index in [-0.39, 0.29) is 5.54 Å². The molecule has 0 radical (unpaired) electrons. The van der Waals surface area contributed by atoms with Gasteiger partial charge in [0, 0.05) is 25.7 Å². The maximum absolute atomic E-state index is 3.70. The topological polar surface area (TPSA) is 15.3 Å². The minimum Gasteiger partial charge on any atom is -0.311 e. The smallest absolute Gasteiger partial charge is 0.0560 e. The van der Waals surface area contributed by atoms with E-state index in [1.54, 1.807) is 0 Å². The van der Waals surface area contributed by atoms with Crippen molar-refractivity contribution in [2.45, 2.75) is 38.8 Å². The van der Waals surface area contributed by atoms with Crippen molar-refractivity contribution in [3.63, 3.8) is 0 Å². The van der Waals surface area contributed by atoms with Gasteiger partial charge in [0.05, 0.1) is 5.54 Å². The van der Waals surface area contributed by atoms with Crippen molar-refractivity contribution >= 4 is 0 Å². The van der Waals surface area contributed by atoms with Crippen LogP contribution in [0, 0.1) is 0 Å². The van der Waals surface area contributed by atoms with Gasteiger partial charge in [-0.15, -0.1) is 0 Å². The fourth-order valence-electron chi connectivity index (χ4n) is 2.85. The first-order valence-electron chi connectivity index (χ1n) is 7.36. The summed E-state index contributed by atoms with van der Waals surface area (Å²) < 4.78 is 0. The number of nitrogens with zero attached hydrogens (tertiary/aromatic N) is 1. The molecule has 0 spiro atoms. The number of rotatable bonds is 4. The van der Waals surface area contributed by atoms with Crippen LogP contribution in [0.25, 0.3) is 0 Å². The number of piperazine rings is 1. The average molecular weight is 258 g/mol. The molecule has 104 valence electrons. The lowest BCUT2D eigenvalue weighted by Crippen LogP contribution is -2.61. The second kappa shape index (κ2) is 6.36. The Bertz CT molecular complexity index is 413. The summed E-state index contributed by atoms with van der Waals surface area (Å²) in [5.41, 5.74) is 1.49. The lowest BCUT2D eigenvalue weighted by molar-refractivity contribution is 0.0606. The number of hydrogen-bond acceptors (Lipinski definition) is 2. The van der Waals surface area contributed by atoms with Crippen LogP contribution in [-0.2, 0) is 5.54 Å². The van der Waals surface area contributed by atoms with Crippen LogP contribution in [0.1, 0.15) is 32.8 Å². The summed E-state index contributed by atoms with van der Waals surface area (Å²) >= 11 is 0. The van der Waals surface area contributed by atoms with E-state index < -0.39 is 0 Å². The molecule has 0 amide bonds. The van der Waals surface area contributed by atoms with Crippen molar-refractivity contribution in [3.05, 3.63) is 48.0 Å². The Morgan fingerprint density at radius 3 is 2.74 bits per heavy atom. The Morgan fingerprint density at radius 2 is 2.11 bits per heavy atom. The van der Waals surface area contributed by atoms with Gasteiger partial charge in [-0.05, 0) is 25.8 Å². The Labute approximate surface area is 117 Å². The molecule has 2 atom stereocenters. The largest absolute Gasteiger partial charge is 0.311 e. The minimum atomic E-state index is 0.0897. The van der Waals surface area contributed by atoms with E-state index in [1.165, 1.54) is 12.0 Å². The van der Waals surface area contributed by atoms with E-state index in [4.69, 9.17) is 0 Å². The number of benzene rings is 1. The zero-order valence-electron chi connectivity index (χ0n) is 12.4. The van der Waals surface area contributed by atoms with Crippen LogP contribution >= 0.6 is 0 Å². The SMILES string of the molecule is C/C=C/CN1CC(CC)NCC1(C)c1ccccc1. The summed E-state index contributed by atoms with van der Waals surface area (Å²) in [5.74, 6) is 0. The summed E-state index contributed by atoms with van der Waals surface area (Å²) in [6, 6.07) is 11.5. The van der Waals surface area contributed by atoms with Gasteiger partial charge in [-0.3, -0.25) is 4.90 Å². The predicted molar refractivity (Wildman–Crippen MR) is 82.3 cm³/mol. The lowest BCUT2D eigenvalue weighted by Gasteiger charge is -2.48. The van der Waals surface area contributed by atoms with Gasteiger partial charge in [-0.25, -0.2) is 0 Å². The van der Waals surface area contributed by atoms with Crippen LogP contribution in [0.15, 0.2) is 42.5 Å². The number of hydrogen-bond donors (Lipinski definition) is 1. The zero-order chi connectivity index (χ0) is 13.7. The Hall–Kier alpha value is -1.12. The van der Waals surface area contributed by atoms with Crippen LogP contribution in [0.4, 0.5) is 0 Å². The van der Waals surface area contributed by atoms with Crippen molar-refractivity contribution in [2.24, 2.45) is 0 Å². The van der Waals surface area contributed by atoms with Crippen molar-refractivity contribution < 1.29 is 0 Å². The fraction of sp³-hybridized carbons (Fsp3) is 0.529. The van der Waals surface area contributed by atoms with Crippen molar-refractivity contribution in [1.82, 2.24) is 10.2 Å². The third-order valence-electron chi connectivity index (χ3n) is 4.32. The first kappa shape index (κ1) is 14.3. The van der Waals surface area contributed by atoms with Gasteiger partial charge in [-0.1, -0.05) is 49.4 Å². The molecule has 1 N–H and O–H groups in total. The summed E-state index contributed by atoms with van der Waals surface area (Å²) in [6.45, 7) is 9.88. The second-order valence-corrected chi connectivity index (χ2v) is 5.60. The van der Waals surface area contributed by atoms with Crippen molar-refractivity contribution in [1.29, 1.82) is 0 Å². The van der Waals surface area contributed by atoms with Gasteiger partial charge < -0.3 is 5.32 Å². The average Bonchev–Trinajstić information content (AvgIpc) is 2.47. The highest BCUT2D eigenvalue weighted by molar-refractivity contribution is 5.25. The molecule has 1 aliphatic heterocycles. The van der Waals surface area contributed by atoms with E-state index in [0.717, 1.165) is 19.6 Å². The minimum absolute atomic E-state index is 0.0897. The molecule has 1 aromatic carbocycles. The highest BCUT2D eigenvalue weighted by Crippen LogP contribution is 2.30. The molecule has 0 aromatic heterocycles. The summed E-state index contributed by atoms with van der Waals surface area (Å²) in [6.07, 6.45) is 5.60. The van der Waals surface area contributed by atoms with E-state index >= 15 is 0 Å². The molecular formula is C17H26N2. The normalized spacial score (nSPS) is 28.9. The van der Waals surface area contributed by atoms with Crippen LogP contribution in [0.2, 0.25) is 0 Å². The van der Waals surface area contributed by atoms with Crippen molar-refractivity contribution in [2.75, 3.05) is 19.6 Å². The van der Waals surface area contributed by atoms with Gasteiger partial charge in [-0.2, -0.15) is 0 Å². The Kier molecular flexibility index (Phi) is 4.78. The molecule has 2 heteroatoms. The van der Waals surface area contributed by atoms with E-state index in [0.29, 0.717) is 6.04 Å². The number of nitrogens with one attached hydrogen (secondary N) is 1. The highest BCUT2D eigenvalue weighted by Gasteiger charge is 2.37. The summed E-state index contributed by atoms with van der Waals surface area (Å²) in [4.78, 5) is 2.60. The fourth-order valence-corrected chi connectivity index (χ4v) is 2.85. The molecule has 1 aliphatic rings. The van der Waals surface area contributed by atoms with Gasteiger partial charge >= 0.3 is 0 Å². The molecule has 2 rings (SSSR count). The van der Waals surface area contributed by atoms with Gasteiger partial charge in [0.2, 0.25) is 0 Å². The summed E-state index contributed by atoms with van der Waals surface area (Å²) in [7, 11) is 0. The molecule has 19 heavy (non-hydrogen) atoms. The van der Waals surface area contributed by atoms with Crippen LogP contribution in [0.5, 0.6) is 0 Å². The molecule has 1 fully saturated rings. The molecule has 1 heterocycles. The monoisotopic (exact) mass is 258 g/mol. The first-order valence-corrected chi connectivity index (χ1v) is 7.36. The molecular weight excluding hydrogens is 232 g/mol. The lowest BCUT2D eigenvalue weighted by atomic mass is 9.86. The molecule has 2 unspecified atom stereocenters.